The number of Topliss-reactive ketones (excluding diaryl/α,β-unsaturated/α-hetero) is 1. The molecule has 0 bridgehead atoms. The fourth-order valence-corrected chi connectivity index (χ4v) is 3.54. The van der Waals surface area contributed by atoms with Crippen LogP contribution in [0.25, 0.3) is 0 Å². The SMILES string of the molecule is CC1C(=O)C2=C(CCCO2)[C@@H]1c1ccccc1Br. The van der Waals surface area contributed by atoms with E-state index in [0.29, 0.717) is 12.4 Å². The molecule has 0 radical (unpaired) electrons. The van der Waals surface area contributed by atoms with Gasteiger partial charge in [0, 0.05) is 16.3 Å². The Balaban J connectivity index is 2.09. The third kappa shape index (κ3) is 1.72. The molecule has 2 aliphatic rings. The number of hydrogen-bond donors (Lipinski definition) is 0. The summed E-state index contributed by atoms with van der Waals surface area (Å²) < 4.78 is 6.67. The Labute approximate surface area is 115 Å². The minimum Gasteiger partial charge on any atom is -0.490 e. The van der Waals surface area contributed by atoms with Crippen LogP contribution in [0.3, 0.4) is 0 Å². The molecule has 0 fully saturated rings. The largest absolute Gasteiger partial charge is 0.490 e. The van der Waals surface area contributed by atoms with Crippen molar-refractivity contribution in [2.24, 2.45) is 5.92 Å². The Bertz CT molecular complexity index is 533. The first-order chi connectivity index (χ1) is 8.70. The van der Waals surface area contributed by atoms with Crippen molar-refractivity contribution in [1.82, 2.24) is 0 Å². The zero-order valence-corrected chi connectivity index (χ0v) is 11.9. The molecule has 94 valence electrons. The van der Waals surface area contributed by atoms with Crippen LogP contribution in [0.5, 0.6) is 0 Å². The highest BCUT2D eigenvalue weighted by Gasteiger charge is 2.42. The van der Waals surface area contributed by atoms with E-state index < -0.39 is 0 Å². The molecule has 2 atom stereocenters. The highest BCUT2D eigenvalue weighted by molar-refractivity contribution is 9.10. The normalized spacial score (nSPS) is 27.1. The number of allylic oxidation sites excluding steroid dienone is 2. The quantitative estimate of drug-likeness (QED) is 0.788. The number of carbonyl (C=O) groups is 1. The van der Waals surface area contributed by atoms with Gasteiger partial charge in [-0.25, -0.2) is 0 Å². The molecule has 0 spiro atoms. The van der Waals surface area contributed by atoms with Gasteiger partial charge in [0.1, 0.15) is 0 Å². The second-order valence-corrected chi connectivity index (χ2v) is 5.81. The maximum Gasteiger partial charge on any atom is 0.201 e. The number of ketones is 1. The van der Waals surface area contributed by atoms with Gasteiger partial charge in [0.15, 0.2) is 5.76 Å². The third-order valence-electron chi connectivity index (χ3n) is 3.88. The van der Waals surface area contributed by atoms with Crippen molar-refractivity contribution in [3.8, 4) is 0 Å². The van der Waals surface area contributed by atoms with E-state index in [0.717, 1.165) is 17.3 Å². The van der Waals surface area contributed by atoms with E-state index in [-0.39, 0.29) is 17.6 Å². The Morgan fingerprint density at radius 2 is 2.11 bits per heavy atom. The monoisotopic (exact) mass is 306 g/mol. The first-order valence-electron chi connectivity index (χ1n) is 6.34. The molecular formula is C15H15BrO2. The third-order valence-corrected chi connectivity index (χ3v) is 4.60. The summed E-state index contributed by atoms with van der Waals surface area (Å²) >= 11 is 3.60. The van der Waals surface area contributed by atoms with Crippen molar-refractivity contribution in [2.75, 3.05) is 6.61 Å². The van der Waals surface area contributed by atoms with Crippen LogP contribution in [-0.2, 0) is 9.53 Å². The summed E-state index contributed by atoms with van der Waals surface area (Å²) in [6, 6.07) is 8.17. The highest BCUT2D eigenvalue weighted by atomic mass is 79.9. The molecule has 2 nitrogen and oxygen atoms in total. The Morgan fingerprint density at radius 3 is 2.89 bits per heavy atom. The summed E-state index contributed by atoms with van der Waals surface area (Å²) in [7, 11) is 0. The first kappa shape index (κ1) is 12.0. The molecule has 3 rings (SSSR count). The Morgan fingerprint density at radius 1 is 1.33 bits per heavy atom. The number of halogens is 1. The molecule has 1 aromatic carbocycles. The molecule has 0 saturated heterocycles. The fraction of sp³-hybridized carbons (Fsp3) is 0.400. The van der Waals surface area contributed by atoms with E-state index in [2.05, 4.69) is 22.0 Å². The van der Waals surface area contributed by atoms with Crippen molar-refractivity contribution in [2.45, 2.75) is 25.7 Å². The summed E-state index contributed by atoms with van der Waals surface area (Å²) in [6.07, 6.45) is 2.00. The highest BCUT2D eigenvalue weighted by Crippen LogP contribution is 2.47. The first-order valence-corrected chi connectivity index (χ1v) is 7.14. The topological polar surface area (TPSA) is 26.3 Å². The van der Waals surface area contributed by atoms with Gasteiger partial charge in [-0.05, 0) is 30.0 Å². The summed E-state index contributed by atoms with van der Waals surface area (Å²) in [6.45, 7) is 2.69. The Kier molecular flexibility index (Phi) is 3.02. The van der Waals surface area contributed by atoms with E-state index >= 15 is 0 Å². The summed E-state index contributed by atoms with van der Waals surface area (Å²) in [4.78, 5) is 12.2. The molecule has 1 aromatic rings. The van der Waals surface area contributed by atoms with Crippen LogP contribution in [0.2, 0.25) is 0 Å². The fourth-order valence-electron chi connectivity index (χ4n) is 3.01. The standard InChI is InChI=1S/C15H15BrO2/c1-9-13(10-5-2-3-7-12(10)16)11-6-4-8-18-15(11)14(9)17/h2-3,5,7,9,13H,4,6,8H2,1H3/t9?,13-/m0/s1. The van der Waals surface area contributed by atoms with E-state index in [9.17, 15) is 4.79 Å². The van der Waals surface area contributed by atoms with Crippen LogP contribution < -0.4 is 0 Å². The molecular weight excluding hydrogens is 292 g/mol. The van der Waals surface area contributed by atoms with Gasteiger partial charge >= 0.3 is 0 Å². The minimum absolute atomic E-state index is 0.00759. The predicted molar refractivity (Wildman–Crippen MR) is 73.3 cm³/mol. The van der Waals surface area contributed by atoms with Gasteiger partial charge in [-0.1, -0.05) is 41.1 Å². The van der Waals surface area contributed by atoms with Crippen LogP contribution in [-0.4, -0.2) is 12.4 Å². The lowest BCUT2D eigenvalue weighted by Gasteiger charge is -2.22. The van der Waals surface area contributed by atoms with E-state index in [1.807, 2.05) is 25.1 Å². The lowest BCUT2D eigenvalue weighted by Crippen LogP contribution is -2.13. The van der Waals surface area contributed by atoms with Crippen LogP contribution >= 0.6 is 15.9 Å². The van der Waals surface area contributed by atoms with Gasteiger partial charge in [-0.3, -0.25) is 4.79 Å². The summed E-state index contributed by atoms with van der Waals surface area (Å²) in [5.41, 5.74) is 2.40. The molecule has 1 aliphatic carbocycles. The second kappa shape index (κ2) is 4.54. The number of ether oxygens (including phenoxy) is 1. The van der Waals surface area contributed by atoms with Gasteiger partial charge < -0.3 is 4.74 Å². The molecule has 0 amide bonds. The smallest absolute Gasteiger partial charge is 0.201 e. The molecule has 0 N–H and O–H groups in total. The molecule has 18 heavy (non-hydrogen) atoms. The second-order valence-electron chi connectivity index (χ2n) is 4.96. The number of hydrogen-bond acceptors (Lipinski definition) is 2. The molecule has 3 heteroatoms. The maximum atomic E-state index is 12.2. The zero-order valence-electron chi connectivity index (χ0n) is 10.3. The van der Waals surface area contributed by atoms with E-state index in [4.69, 9.17) is 4.74 Å². The van der Waals surface area contributed by atoms with Gasteiger partial charge in [-0.2, -0.15) is 0 Å². The molecule has 1 heterocycles. The number of rotatable bonds is 1. The van der Waals surface area contributed by atoms with Crippen molar-refractivity contribution >= 4 is 21.7 Å². The van der Waals surface area contributed by atoms with Crippen molar-refractivity contribution in [3.05, 3.63) is 45.6 Å². The van der Waals surface area contributed by atoms with Crippen LogP contribution in [0.1, 0.15) is 31.2 Å². The molecule has 0 saturated carbocycles. The maximum absolute atomic E-state index is 12.2. The van der Waals surface area contributed by atoms with Gasteiger partial charge in [0.25, 0.3) is 0 Å². The lowest BCUT2D eigenvalue weighted by molar-refractivity contribution is -0.121. The van der Waals surface area contributed by atoms with Gasteiger partial charge in [0.2, 0.25) is 5.78 Å². The van der Waals surface area contributed by atoms with Crippen LogP contribution in [0.4, 0.5) is 0 Å². The minimum atomic E-state index is -0.00759. The van der Waals surface area contributed by atoms with Gasteiger partial charge in [-0.15, -0.1) is 0 Å². The van der Waals surface area contributed by atoms with Crippen LogP contribution in [0.15, 0.2) is 40.1 Å². The molecule has 0 aromatic heterocycles. The summed E-state index contributed by atoms with van der Waals surface area (Å²) in [5, 5.41) is 0. The Hall–Kier alpha value is -1.09. The summed E-state index contributed by atoms with van der Waals surface area (Å²) in [5.74, 6) is 0.995. The zero-order chi connectivity index (χ0) is 12.7. The van der Waals surface area contributed by atoms with Crippen molar-refractivity contribution in [3.63, 3.8) is 0 Å². The van der Waals surface area contributed by atoms with Crippen LogP contribution in [0, 0.1) is 5.92 Å². The predicted octanol–water partition coefficient (Wildman–Crippen LogP) is 3.82. The average Bonchev–Trinajstić information content (AvgIpc) is 2.64. The van der Waals surface area contributed by atoms with Crippen molar-refractivity contribution < 1.29 is 9.53 Å². The molecule has 1 aliphatic heterocycles. The molecule has 1 unspecified atom stereocenters. The number of carbonyl (C=O) groups excluding carboxylic acids is 1. The van der Waals surface area contributed by atoms with E-state index in [1.165, 1.54) is 11.1 Å². The van der Waals surface area contributed by atoms with Crippen molar-refractivity contribution in [1.29, 1.82) is 0 Å². The number of benzene rings is 1. The lowest BCUT2D eigenvalue weighted by atomic mass is 9.84. The van der Waals surface area contributed by atoms with E-state index in [1.54, 1.807) is 0 Å². The van der Waals surface area contributed by atoms with Gasteiger partial charge in [0.05, 0.1) is 6.61 Å². The average molecular weight is 307 g/mol.